The Kier molecular flexibility index (Phi) is 4.94. The van der Waals surface area contributed by atoms with Crippen LogP contribution in [0.15, 0.2) is 18.7 Å². The van der Waals surface area contributed by atoms with Crippen LogP contribution in [-0.4, -0.2) is 45.7 Å². The molecule has 24 heavy (non-hydrogen) atoms. The van der Waals surface area contributed by atoms with Crippen LogP contribution < -0.4 is 5.32 Å². The van der Waals surface area contributed by atoms with Gasteiger partial charge in [-0.05, 0) is 20.3 Å². The maximum absolute atomic E-state index is 12.2. The summed E-state index contributed by atoms with van der Waals surface area (Å²) in [6.45, 7) is 5.57. The lowest BCUT2D eigenvalue weighted by atomic mass is 10.3. The summed E-state index contributed by atoms with van der Waals surface area (Å²) in [5.41, 5.74) is 2.79. The molecule has 0 atom stereocenters. The first kappa shape index (κ1) is 16.2. The Morgan fingerprint density at radius 1 is 1.33 bits per heavy atom. The number of carbonyl (C=O) groups excluding carboxylic acids is 1. The number of amides is 1. The van der Waals surface area contributed by atoms with Crippen LogP contribution in [0.2, 0.25) is 0 Å². The second-order valence-corrected chi connectivity index (χ2v) is 5.92. The molecule has 0 aliphatic rings. The summed E-state index contributed by atoms with van der Waals surface area (Å²) in [5, 5.41) is 10.9. The van der Waals surface area contributed by atoms with Crippen LogP contribution in [0.4, 0.5) is 0 Å². The minimum atomic E-state index is -0.211. The van der Waals surface area contributed by atoms with E-state index >= 15 is 0 Å². The standard InChI is InChI=1S/C14H18N8OS/c1-10-12(19-24-18-10)8-22-11(2)13(17-20-22)14(23)16-4-3-6-21-7-5-15-9-21/h5,7,9H,3-4,6,8H2,1-2H3,(H,16,23). The topological polar surface area (TPSA) is 103 Å². The van der Waals surface area contributed by atoms with Crippen molar-refractivity contribution >= 4 is 17.6 Å². The molecule has 0 spiro atoms. The van der Waals surface area contributed by atoms with E-state index in [1.165, 1.54) is 11.7 Å². The molecule has 1 amide bonds. The Balaban J connectivity index is 1.54. The van der Waals surface area contributed by atoms with Gasteiger partial charge in [-0.3, -0.25) is 4.79 Å². The molecule has 0 aromatic carbocycles. The molecule has 10 heteroatoms. The molecule has 0 fully saturated rings. The lowest BCUT2D eigenvalue weighted by molar-refractivity contribution is 0.0947. The number of imidazole rings is 1. The molecule has 3 rings (SSSR count). The van der Waals surface area contributed by atoms with Gasteiger partial charge in [0.25, 0.3) is 5.91 Å². The van der Waals surface area contributed by atoms with Crippen LogP contribution in [0.1, 0.15) is 34.0 Å². The molecule has 0 saturated carbocycles. The maximum Gasteiger partial charge on any atom is 0.273 e. The molecule has 0 unspecified atom stereocenters. The first-order valence-corrected chi connectivity index (χ1v) is 8.30. The summed E-state index contributed by atoms with van der Waals surface area (Å²) in [7, 11) is 0. The summed E-state index contributed by atoms with van der Waals surface area (Å²) >= 11 is 1.17. The zero-order chi connectivity index (χ0) is 16.9. The fraction of sp³-hybridized carbons (Fsp3) is 0.429. The Morgan fingerprint density at radius 3 is 2.92 bits per heavy atom. The highest BCUT2D eigenvalue weighted by molar-refractivity contribution is 6.99. The molecule has 3 heterocycles. The molecule has 0 radical (unpaired) electrons. The summed E-state index contributed by atoms with van der Waals surface area (Å²) in [4.78, 5) is 16.2. The number of nitrogens with zero attached hydrogens (tertiary/aromatic N) is 7. The van der Waals surface area contributed by atoms with E-state index in [4.69, 9.17) is 0 Å². The molecule has 0 bridgehead atoms. The number of hydrogen-bond acceptors (Lipinski definition) is 7. The highest BCUT2D eigenvalue weighted by Crippen LogP contribution is 2.10. The van der Waals surface area contributed by atoms with Crippen molar-refractivity contribution in [2.45, 2.75) is 33.4 Å². The van der Waals surface area contributed by atoms with Crippen molar-refractivity contribution in [3.05, 3.63) is 41.5 Å². The van der Waals surface area contributed by atoms with Crippen molar-refractivity contribution in [3.63, 3.8) is 0 Å². The lowest BCUT2D eigenvalue weighted by Gasteiger charge is -2.05. The van der Waals surface area contributed by atoms with Crippen molar-refractivity contribution in [1.82, 2.24) is 38.6 Å². The summed E-state index contributed by atoms with van der Waals surface area (Å²) < 4.78 is 12.0. The van der Waals surface area contributed by atoms with Gasteiger partial charge in [0.2, 0.25) is 0 Å². The second-order valence-electron chi connectivity index (χ2n) is 5.39. The van der Waals surface area contributed by atoms with E-state index in [1.807, 2.05) is 24.6 Å². The molecule has 1 N–H and O–H groups in total. The van der Waals surface area contributed by atoms with Crippen molar-refractivity contribution < 1.29 is 4.79 Å². The Morgan fingerprint density at radius 2 is 2.21 bits per heavy atom. The van der Waals surface area contributed by atoms with Gasteiger partial charge in [0.1, 0.15) is 0 Å². The smallest absolute Gasteiger partial charge is 0.273 e. The summed E-state index contributed by atoms with van der Waals surface area (Å²) in [6, 6.07) is 0. The van der Waals surface area contributed by atoms with Gasteiger partial charge in [-0.1, -0.05) is 5.21 Å². The van der Waals surface area contributed by atoms with Gasteiger partial charge >= 0.3 is 0 Å². The van der Waals surface area contributed by atoms with Crippen molar-refractivity contribution in [2.24, 2.45) is 0 Å². The van der Waals surface area contributed by atoms with Crippen molar-refractivity contribution in [1.29, 1.82) is 0 Å². The molecule has 0 aliphatic carbocycles. The largest absolute Gasteiger partial charge is 0.351 e. The van der Waals surface area contributed by atoms with Gasteiger partial charge in [-0.15, -0.1) is 5.10 Å². The average molecular weight is 346 g/mol. The maximum atomic E-state index is 12.2. The average Bonchev–Trinajstić information content (AvgIpc) is 3.29. The molecule has 3 aromatic rings. The molecule has 0 saturated heterocycles. The van der Waals surface area contributed by atoms with E-state index in [1.54, 1.807) is 17.2 Å². The Hall–Kier alpha value is -2.62. The Labute approximate surface area is 143 Å². The van der Waals surface area contributed by atoms with Crippen LogP contribution in [0.5, 0.6) is 0 Å². The number of hydrogen-bond donors (Lipinski definition) is 1. The zero-order valence-corrected chi connectivity index (χ0v) is 14.3. The first-order valence-electron chi connectivity index (χ1n) is 7.57. The predicted octanol–water partition coefficient (Wildman–Crippen LogP) is 0.811. The quantitative estimate of drug-likeness (QED) is 0.635. The van der Waals surface area contributed by atoms with Crippen LogP contribution in [-0.2, 0) is 13.1 Å². The monoisotopic (exact) mass is 346 g/mol. The highest BCUT2D eigenvalue weighted by atomic mass is 32.1. The lowest BCUT2D eigenvalue weighted by Crippen LogP contribution is -2.26. The van der Waals surface area contributed by atoms with Crippen LogP contribution >= 0.6 is 11.7 Å². The number of nitrogens with one attached hydrogen (secondary N) is 1. The van der Waals surface area contributed by atoms with E-state index in [0.717, 1.165) is 30.0 Å². The molecule has 0 aliphatic heterocycles. The SMILES string of the molecule is Cc1nsnc1Cn1nnc(C(=O)NCCCn2ccnc2)c1C. The summed E-state index contributed by atoms with van der Waals surface area (Å²) in [6.07, 6.45) is 6.21. The molecular formula is C14H18N8OS. The van der Waals surface area contributed by atoms with Gasteiger partial charge in [-0.25, -0.2) is 9.67 Å². The van der Waals surface area contributed by atoms with Gasteiger partial charge < -0.3 is 9.88 Å². The highest BCUT2D eigenvalue weighted by Gasteiger charge is 2.17. The number of aryl methyl sites for hydroxylation is 2. The molecule has 3 aromatic heterocycles. The molecule has 126 valence electrons. The van der Waals surface area contributed by atoms with E-state index in [-0.39, 0.29) is 5.91 Å². The number of aromatic nitrogens is 7. The van der Waals surface area contributed by atoms with Crippen LogP contribution in [0.3, 0.4) is 0 Å². The zero-order valence-electron chi connectivity index (χ0n) is 13.5. The van der Waals surface area contributed by atoms with E-state index in [2.05, 4.69) is 29.4 Å². The third-order valence-electron chi connectivity index (χ3n) is 3.68. The van der Waals surface area contributed by atoms with Gasteiger partial charge in [0, 0.05) is 25.5 Å². The van der Waals surface area contributed by atoms with E-state index in [0.29, 0.717) is 18.8 Å². The van der Waals surface area contributed by atoms with Crippen LogP contribution in [0, 0.1) is 13.8 Å². The number of carbonyl (C=O) groups is 1. The Bertz CT molecular complexity index is 807. The molecule has 9 nitrogen and oxygen atoms in total. The third-order valence-corrected chi connectivity index (χ3v) is 4.34. The van der Waals surface area contributed by atoms with Crippen LogP contribution in [0.25, 0.3) is 0 Å². The normalized spacial score (nSPS) is 10.9. The predicted molar refractivity (Wildman–Crippen MR) is 87.7 cm³/mol. The van der Waals surface area contributed by atoms with Gasteiger partial charge in [0.05, 0.1) is 41.7 Å². The molecular weight excluding hydrogens is 328 g/mol. The first-order chi connectivity index (χ1) is 11.6. The van der Waals surface area contributed by atoms with Crippen molar-refractivity contribution in [3.8, 4) is 0 Å². The fourth-order valence-electron chi connectivity index (χ4n) is 2.22. The van der Waals surface area contributed by atoms with E-state index in [9.17, 15) is 4.79 Å². The summed E-state index contributed by atoms with van der Waals surface area (Å²) in [5.74, 6) is -0.211. The number of rotatable bonds is 7. The van der Waals surface area contributed by atoms with Crippen molar-refractivity contribution in [2.75, 3.05) is 6.54 Å². The fourth-order valence-corrected chi connectivity index (χ4v) is 2.78. The van der Waals surface area contributed by atoms with E-state index < -0.39 is 0 Å². The van der Waals surface area contributed by atoms with Gasteiger partial charge in [0.15, 0.2) is 5.69 Å². The van der Waals surface area contributed by atoms with Gasteiger partial charge in [-0.2, -0.15) is 8.75 Å². The minimum Gasteiger partial charge on any atom is -0.351 e. The third kappa shape index (κ3) is 3.65. The minimum absolute atomic E-state index is 0.211. The second kappa shape index (κ2) is 7.30.